The van der Waals surface area contributed by atoms with Gasteiger partial charge in [-0.15, -0.1) is 0 Å². The normalized spacial score (nSPS) is 22.2. The Balaban J connectivity index is 1.73. The lowest BCUT2D eigenvalue weighted by Crippen LogP contribution is -2.02. The van der Waals surface area contributed by atoms with Gasteiger partial charge < -0.3 is 5.11 Å². The van der Waals surface area contributed by atoms with Crippen LogP contribution in [0.1, 0.15) is 28.3 Å². The molecule has 20 heavy (non-hydrogen) atoms. The van der Waals surface area contributed by atoms with E-state index in [2.05, 4.69) is 12.1 Å². The van der Waals surface area contributed by atoms with Gasteiger partial charge >= 0.3 is 5.97 Å². The molecule has 0 saturated heterocycles. The summed E-state index contributed by atoms with van der Waals surface area (Å²) in [5.41, 5.74) is 1.45. The first-order chi connectivity index (χ1) is 9.66. The quantitative estimate of drug-likeness (QED) is 0.940. The second-order valence-electron chi connectivity index (χ2n) is 4.92. The smallest absolute Gasteiger partial charge is 0.335 e. The number of carboxylic acid groups (broad SMARTS) is 1. The molecule has 0 spiro atoms. The lowest BCUT2D eigenvalue weighted by molar-refractivity contribution is 0.0697. The largest absolute Gasteiger partial charge is 0.478 e. The minimum Gasteiger partial charge on any atom is -0.478 e. The van der Waals surface area contributed by atoms with Crippen LogP contribution in [0.5, 0.6) is 0 Å². The fourth-order valence-corrected chi connectivity index (χ4v) is 3.96. The molecule has 0 amide bonds. The second kappa shape index (κ2) is 5.21. The van der Waals surface area contributed by atoms with Crippen LogP contribution < -0.4 is 0 Å². The topological polar surface area (TPSA) is 54.4 Å². The van der Waals surface area contributed by atoms with Crippen molar-refractivity contribution < 1.29 is 14.1 Å². The molecule has 2 aromatic carbocycles. The van der Waals surface area contributed by atoms with Crippen LogP contribution in [0.3, 0.4) is 0 Å². The lowest BCUT2D eigenvalue weighted by atomic mass is 10.1. The van der Waals surface area contributed by atoms with Gasteiger partial charge in [0.2, 0.25) is 0 Å². The Morgan fingerprint density at radius 1 is 1.05 bits per heavy atom. The molecule has 1 aliphatic carbocycles. The van der Waals surface area contributed by atoms with E-state index in [1.165, 1.54) is 17.7 Å². The van der Waals surface area contributed by atoms with Gasteiger partial charge in [-0.2, -0.15) is 0 Å². The van der Waals surface area contributed by atoms with E-state index >= 15 is 0 Å². The number of rotatable bonds is 4. The van der Waals surface area contributed by atoms with E-state index in [4.69, 9.17) is 5.11 Å². The Bertz CT molecular complexity index is 649. The van der Waals surface area contributed by atoms with Gasteiger partial charge in [0.1, 0.15) is 0 Å². The van der Waals surface area contributed by atoms with Crippen LogP contribution in [-0.4, -0.2) is 20.5 Å². The highest BCUT2D eigenvalue weighted by atomic mass is 32.2. The van der Waals surface area contributed by atoms with E-state index in [1.54, 1.807) is 12.1 Å². The van der Waals surface area contributed by atoms with Crippen LogP contribution in [0.4, 0.5) is 0 Å². The molecule has 0 aromatic heterocycles. The predicted molar refractivity (Wildman–Crippen MR) is 77.4 cm³/mol. The second-order valence-corrected chi connectivity index (χ2v) is 6.59. The van der Waals surface area contributed by atoms with Crippen LogP contribution in [0.15, 0.2) is 59.5 Å². The first-order valence-electron chi connectivity index (χ1n) is 6.45. The van der Waals surface area contributed by atoms with E-state index in [0.29, 0.717) is 10.8 Å². The first kappa shape index (κ1) is 13.1. The minimum absolute atomic E-state index is 0.146. The van der Waals surface area contributed by atoms with Crippen molar-refractivity contribution in [1.29, 1.82) is 0 Å². The van der Waals surface area contributed by atoms with E-state index in [-0.39, 0.29) is 10.8 Å². The number of hydrogen-bond acceptors (Lipinski definition) is 2. The fourth-order valence-electron chi connectivity index (χ4n) is 2.37. The van der Waals surface area contributed by atoms with Crippen LogP contribution >= 0.6 is 0 Å². The molecular formula is C16H14O3S. The molecule has 1 saturated carbocycles. The van der Waals surface area contributed by atoms with Crippen LogP contribution in [-0.2, 0) is 10.8 Å². The third-order valence-corrected chi connectivity index (χ3v) is 5.38. The molecule has 3 nitrogen and oxygen atoms in total. The first-order valence-corrected chi connectivity index (χ1v) is 7.67. The highest BCUT2D eigenvalue weighted by Crippen LogP contribution is 2.46. The molecule has 0 bridgehead atoms. The van der Waals surface area contributed by atoms with E-state index in [9.17, 15) is 9.00 Å². The number of hydrogen-bond donors (Lipinski definition) is 1. The minimum atomic E-state index is -1.07. The number of carboxylic acids is 1. The molecule has 1 fully saturated rings. The number of aromatic carboxylic acids is 1. The molecule has 1 aliphatic rings. The zero-order valence-corrected chi connectivity index (χ0v) is 11.5. The van der Waals surface area contributed by atoms with Crippen LogP contribution in [0.2, 0.25) is 0 Å². The maximum atomic E-state index is 12.4. The Kier molecular flexibility index (Phi) is 3.40. The van der Waals surface area contributed by atoms with Crippen molar-refractivity contribution in [2.24, 2.45) is 0 Å². The molecule has 0 radical (unpaired) electrons. The summed E-state index contributed by atoms with van der Waals surface area (Å²) in [6, 6.07) is 16.4. The van der Waals surface area contributed by atoms with Crippen molar-refractivity contribution in [3.8, 4) is 0 Å². The summed E-state index contributed by atoms with van der Waals surface area (Å²) in [6.07, 6.45) is 0.928. The summed E-state index contributed by atoms with van der Waals surface area (Å²) < 4.78 is 12.4. The Hall–Kier alpha value is -1.94. The summed E-state index contributed by atoms with van der Waals surface area (Å²) >= 11 is 0. The molecule has 0 aliphatic heterocycles. The van der Waals surface area contributed by atoms with Gasteiger partial charge in [0.25, 0.3) is 0 Å². The maximum absolute atomic E-state index is 12.4. The van der Waals surface area contributed by atoms with E-state index in [0.717, 1.165) is 6.42 Å². The van der Waals surface area contributed by atoms with Gasteiger partial charge in [-0.05, 0) is 42.2 Å². The third kappa shape index (κ3) is 2.51. The summed E-state index contributed by atoms with van der Waals surface area (Å²) in [7, 11) is -1.07. The Morgan fingerprint density at radius 2 is 1.70 bits per heavy atom. The average Bonchev–Trinajstić information content (AvgIpc) is 3.28. The van der Waals surface area contributed by atoms with E-state index in [1.807, 2.05) is 18.2 Å². The average molecular weight is 286 g/mol. The van der Waals surface area contributed by atoms with Crippen molar-refractivity contribution in [2.75, 3.05) is 0 Å². The molecule has 3 atom stereocenters. The summed E-state index contributed by atoms with van der Waals surface area (Å²) in [5, 5.41) is 9.00. The van der Waals surface area contributed by atoms with Crippen molar-refractivity contribution in [2.45, 2.75) is 22.5 Å². The fraction of sp³-hybridized carbons (Fsp3) is 0.188. The van der Waals surface area contributed by atoms with Crippen molar-refractivity contribution in [3.05, 3.63) is 65.7 Å². The van der Waals surface area contributed by atoms with Gasteiger partial charge in [-0.3, -0.25) is 4.21 Å². The van der Waals surface area contributed by atoms with Gasteiger partial charge in [-0.1, -0.05) is 30.3 Å². The molecule has 1 N–H and O–H groups in total. The van der Waals surface area contributed by atoms with Crippen LogP contribution in [0, 0.1) is 0 Å². The number of benzene rings is 2. The predicted octanol–water partition coefficient (Wildman–Crippen LogP) is 3.05. The van der Waals surface area contributed by atoms with Crippen molar-refractivity contribution >= 4 is 16.8 Å². The Morgan fingerprint density at radius 3 is 2.30 bits per heavy atom. The molecule has 2 aromatic rings. The third-order valence-electron chi connectivity index (χ3n) is 3.57. The zero-order chi connectivity index (χ0) is 14.1. The molecule has 0 heterocycles. The summed E-state index contributed by atoms with van der Waals surface area (Å²) in [6.45, 7) is 0. The molecule has 4 heteroatoms. The standard InChI is InChI=1S/C16H14O3S/c17-16(18)12-6-8-13(9-7-12)20(19)15-10-14(15)11-4-2-1-3-5-11/h1-9,14-15H,10H2,(H,17,18). The van der Waals surface area contributed by atoms with E-state index < -0.39 is 16.8 Å². The van der Waals surface area contributed by atoms with Crippen molar-refractivity contribution in [3.63, 3.8) is 0 Å². The highest BCUT2D eigenvalue weighted by molar-refractivity contribution is 7.86. The molecule has 3 unspecified atom stereocenters. The number of carbonyl (C=O) groups is 1. The Labute approximate surface area is 119 Å². The monoisotopic (exact) mass is 286 g/mol. The zero-order valence-electron chi connectivity index (χ0n) is 10.7. The van der Waals surface area contributed by atoms with Gasteiger partial charge in [0, 0.05) is 10.1 Å². The van der Waals surface area contributed by atoms with Gasteiger partial charge in [-0.25, -0.2) is 4.79 Å². The molecular weight excluding hydrogens is 272 g/mol. The van der Waals surface area contributed by atoms with Crippen LogP contribution in [0.25, 0.3) is 0 Å². The van der Waals surface area contributed by atoms with Gasteiger partial charge in [0.15, 0.2) is 0 Å². The lowest BCUT2D eigenvalue weighted by Gasteiger charge is -2.03. The maximum Gasteiger partial charge on any atom is 0.335 e. The molecule has 3 rings (SSSR count). The summed E-state index contributed by atoms with van der Waals surface area (Å²) in [4.78, 5) is 11.5. The highest BCUT2D eigenvalue weighted by Gasteiger charge is 2.43. The van der Waals surface area contributed by atoms with Gasteiger partial charge in [0.05, 0.1) is 16.4 Å². The molecule has 102 valence electrons. The SMILES string of the molecule is O=C(O)c1ccc(S(=O)C2CC2c2ccccc2)cc1. The summed E-state index contributed by atoms with van der Waals surface area (Å²) in [5.74, 6) is -0.605. The van der Waals surface area contributed by atoms with Crippen molar-refractivity contribution in [1.82, 2.24) is 0 Å².